The van der Waals surface area contributed by atoms with Crippen molar-refractivity contribution >= 4 is 17.0 Å². The topological polar surface area (TPSA) is 50.1 Å². The van der Waals surface area contributed by atoms with Crippen LogP contribution in [0, 0.1) is 6.92 Å². The van der Waals surface area contributed by atoms with Crippen molar-refractivity contribution in [1.29, 1.82) is 0 Å². The Morgan fingerprint density at radius 2 is 1.73 bits per heavy atom. The van der Waals surface area contributed by atoms with Crippen molar-refractivity contribution in [2.45, 2.75) is 60.5 Å². The molecule has 1 aliphatic rings. The first-order valence-electron chi connectivity index (χ1n) is 11.3. The highest BCUT2D eigenvalue weighted by Crippen LogP contribution is 2.23. The van der Waals surface area contributed by atoms with E-state index >= 15 is 0 Å². The van der Waals surface area contributed by atoms with Crippen molar-refractivity contribution in [3.05, 3.63) is 47.8 Å². The maximum atomic E-state index is 4.90. The largest absolute Gasteiger partial charge is 0.335 e. The number of benzene rings is 1. The highest BCUT2D eigenvalue weighted by atomic mass is 15.4. The van der Waals surface area contributed by atoms with Gasteiger partial charge < -0.3 is 9.80 Å². The standard InChI is InChI=1S/C20H26N6.2C2H6/c1-4-26-19-18(15(2)23-26)13-21-20(22-19)25-11-10-24(3)14-17(25)12-16-8-6-5-7-9-16;2*1-2/h5-9,13,17H,4,10-12,14H2,1-3H3;2*1-2H3. The maximum absolute atomic E-state index is 4.90. The predicted octanol–water partition coefficient (Wildman–Crippen LogP) is 4.57. The van der Waals surface area contributed by atoms with Crippen LogP contribution in [0.5, 0.6) is 0 Å². The van der Waals surface area contributed by atoms with Crippen molar-refractivity contribution in [3.8, 4) is 0 Å². The third kappa shape index (κ3) is 5.36. The van der Waals surface area contributed by atoms with E-state index in [1.165, 1.54) is 5.56 Å². The number of hydrogen-bond donors (Lipinski definition) is 0. The monoisotopic (exact) mass is 410 g/mol. The predicted molar refractivity (Wildman–Crippen MR) is 127 cm³/mol. The summed E-state index contributed by atoms with van der Waals surface area (Å²) < 4.78 is 1.97. The molecule has 164 valence electrons. The normalized spacial score (nSPS) is 16.5. The number of aromatic nitrogens is 4. The van der Waals surface area contributed by atoms with E-state index < -0.39 is 0 Å². The van der Waals surface area contributed by atoms with Crippen molar-refractivity contribution in [3.63, 3.8) is 0 Å². The Balaban J connectivity index is 0.000000757. The smallest absolute Gasteiger partial charge is 0.227 e. The molecule has 1 aromatic carbocycles. The van der Waals surface area contributed by atoms with Gasteiger partial charge >= 0.3 is 0 Å². The summed E-state index contributed by atoms with van der Waals surface area (Å²) >= 11 is 0. The molecule has 30 heavy (non-hydrogen) atoms. The molecule has 6 heteroatoms. The molecule has 0 amide bonds. The van der Waals surface area contributed by atoms with Gasteiger partial charge in [0.2, 0.25) is 5.95 Å². The molecule has 2 aromatic heterocycles. The molecule has 0 N–H and O–H groups in total. The van der Waals surface area contributed by atoms with Gasteiger partial charge in [-0.25, -0.2) is 9.67 Å². The summed E-state index contributed by atoms with van der Waals surface area (Å²) in [6.07, 6.45) is 2.93. The summed E-state index contributed by atoms with van der Waals surface area (Å²) in [4.78, 5) is 14.4. The summed E-state index contributed by atoms with van der Waals surface area (Å²) in [5.74, 6) is 0.820. The van der Waals surface area contributed by atoms with Crippen molar-refractivity contribution < 1.29 is 0 Å². The Kier molecular flexibility index (Phi) is 9.24. The first kappa shape index (κ1) is 23.8. The van der Waals surface area contributed by atoms with Gasteiger partial charge in [-0.1, -0.05) is 58.0 Å². The quantitative estimate of drug-likeness (QED) is 0.631. The van der Waals surface area contributed by atoms with Gasteiger partial charge in [0.25, 0.3) is 0 Å². The lowest BCUT2D eigenvalue weighted by atomic mass is 10.0. The summed E-state index contributed by atoms with van der Waals surface area (Å²) in [6.45, 7) is 15.9. The average molecular weight is 411 g/mol. The van der Waals surface area contributed by atoms with Gasteiger partial charge in [0.1, 0.15) is 0 Å². The zero-order valence-electron chi connectivity index (χ0n) is 19.8. The van der Waals surface area contributed by atoms with E-state index in [4.69, 9.17) is 9.97 Å². The number of likely N-dealkylation sites (N-methyl/N-ethyl adjacent to an activating group) is 1. The molecule has 6 nitrogen and oxygen atoms in total. The van der Waals surface area contributed by atoms with Crippen LogP contribution >= 0.6 is 0 Å². The molecule has 1 saturated heterocycles. The Hall–Kier alpha value is -2.47. The lowest BCUT2D eigenvalue weighted by Crippen LogP contribution is -2.53. The van der Waals surface area contributed by atoms with E-state index in [-0.39, 0.29) is 0 Å². The third-order valence-corrected chi connectivity index (χ3v) is 5.22. The summed E-state index contributed by atoms with van der Waals surface area (Å²) in [5, 5.41) is 5.63. The number of fused-ring (bicyclic) bond motifs is 1. The van der Waals surface area contributed by atoms with Crippen LogP contribution in [0.4, 0.5) is 5.95 Å². The van der Waals surface area contributed by atoms with Crippen LogP contribution in [0.25, 0.3) is 11.0 Å². The molecule has 0 radical (unpaired) electrons. The maximum Gasteiger partial charge on any atom is 0.227 e. The Bertz CT molecular complexity index is 889. The second-order valence-electron chi connectivity index (χ2n) is 7.11. The summed E-state index contributed by atoms with van der Waals surface area (Å²) in [6, 6.07) is 11.1. The highest BCUT2D eigenvalue weighted by molar-refractivity contribution is 5.78. The van der Waals surface area contributed by atoms with Crippen LogP contribution in [0.1, 0.15) is 45.9 Å². The second kappa shape index (κ2) is 11.6. The zero-order chi connectivity index (χ0) is 22.1. The minimum Gasteiger partial charge on any atom is -0.335 e. The fraction of sp³-hybridized carbons (Fsp3) is 0.542. The molecule has 1 aliphatic heterocycles. The number of anilines is 1. The molecule has 3 heterocycles. The van der Waals surface area contributed by atoms with E-state index in [1.807, 2.05) is 45.5 Å². The molecule has 1 atom stereocenters. The van der Waals surface area contributed by atoms with Crippen LogP contribution in [-0.2, 0) is 13.0 Å². The number of aryl methyl sites for hydroxylation is 2. The SMILES string of the molecule is CC.CC.CCn1nc(C)c2cnc(N3CCN(C)CC3Cc3ccccc3)nc21. The molecule has 3 aromatic rings. The van der Waals surface area contributed by atoms with Crippen molar-refractivity contribution in [1.82, 2.24) is 24.6 Å². The molecular weight excluding hydrogens is 372 g/mol. The van der Waals surface area contributed by atoms with Crippen LogP contribution in [0.2, 0.25) is 0 Å². The second-order valence-corrected chi connectivity index (χ2v) is 7.11. The molecule has 0 saturated carbocycles. The molecule has 0 aliphatic carbocycles. The van der Waals surface area contributed by atoms with E-state index in [2.05, 4.69) is 59.2 Å². The zero-order valence-corrected chi connectivity index (χ0v) is 19.8. The van der Waals surface area contributed by atoms with Gasteiger partial charge in [-0.2, -0.15) is 10.1 Å². The van der Waals surface area contributed by atoms with E-state index in [0.29, 0.717) is 6.04 Å². The van der Waals surface area contributed by atoms with Crippen LogP contribution in [-0.4, -0.2) is 57.4 Å². The lowest BCUT2D eigenvalue weighted by molar-refractivity contribution is 0.264. The first-order valence-corrected chi connectivity index (χ1v) is 11.3. The fourth-order valence-corrected chi connectivity index (χ4v) is 3.79. The first-order chi connectivity index (χ1) is 14.7. The number of nitrogens with zero attached hydrogens (tertiary/aromatic N) is 6. The minimum absolute atomic E-state index is 0.368. The van der Waals surface area contributed by atoms with Crippen LogP contribution in [0.15, 0.2) is 36.5 Å². The molecule has 0 spiro atoms. The number of piperazine rings is 1. The van der Waals surface area contributed by atoms with E-state index in [0.717, 1.165) is 55.3 Å². The number of rotatable bonds is 4. The van der Waals surface area contributed by atoms with Gasteiger partial charge in [0.05, 0.1) is 11.1 Å². The van der Waals surface area contributed by atoms with Crippen LogP contribution < -0.4 is 4.90 Å². The Labute approximate surface area is 181 Å². The lowest BCUT2D eigenvalue weighted by Gasteiger charge is -2.40. The van der Waals surface area contributed by atoms with Gasteiger partial charge in [0.15, 0.2) is 5.65 Å². The fourth-order valence-electron chi connectivity index (χ4n) is 3.79. The van der Waals surface area contributed by atoms with Gasteiger partial charge in [-0.05, 0) is 32.9 Å². The van der Waals surface area contributed by atoms with Crippen molar-refractivity contribution in [2.75, 3.05) is 31.6 Å². The van der Waals surface area contributed by atoms with Gasteiger partial charge in [-0.3, -0.25) is 0 Å². The van der Waals surface area contributed by atoms with Gasteiger partial charge in [-0.15, -0.1) is 0 Å². The molecular formula is C24H38N6. The molecule has 1 unspecified atom stereocenters. The van der Waals surface area contributed by atoms with E-state index in [1.54, 1.807) is 0 Å². The van der Waals surface area contributed by atoms with Crippen molar-refractivity contribution in [2.24, 2.45) is 0 Å². The summed E-state index contributed by atoms with van der Waals surface area (Å²) in [7, 11) is 2.19. The summed E-state index contributed by atoms with van der Waals surface area (Å²) in [5.41, 5.74) is 3.29. The molecule has 0 bridgehead atoms. The minimum atomic E-state index is 0.368. The molecule has 4 rings (SSSR count). The highest BCUT2D eigenvalue weighted by Gasteiger charge is 2.28. The molecule has 1 fully saturated rings. The van der Waals surface area contributed by atoms with Gasteiger partial charge in [0, 0.05) is 38.4 Å². The third-order valence-electron chi connectivity index (χ3n) is 5.22. The average Bonchev–Trinajstić information content (AvgIpc) is 3.12. The number of hydrogen-bond acceptors (Lipinski definition) is 5. The Morgan fingerprint density at radius 3 is 2.40 bits per heavy atom. The van der Waals surface area contributed by atoms with E-state index in [9.17, 15) is 0 Å². The Morgan fingerprint density at radius 1 is 1.03 bits per heavy atom. The van der Waals surface area contributed by atoms with Crippen LogP contribution in [0.3, 0.4) is 0 Å².